The first kappa shape index (κ1) is 13.8. The van der Waals surface area contributed by atoms with Gasteiger partial charge in [0.05, 0.1) is 16.3 Å². The second-order valence-corrected chi connectivity index (χ2v) is 6.41. The van der Waals surface area contributed by atoms with Crippen LogP contribution in [0.5, 0.6) is 0 Å². The van der Waals surface area contributed by atoms with Gasteiger partial charge in [-0.3, -0.25) is 0 Å². The van der Waals surface area contributed by atoms with Gasteiger partial charge in [0.25, 0.3) is 10.0 Å². The molecule has 0 atom stereocenters. The fraction of sp³-hybridized carbons (Fsp3) is 0.0833. The van der Waals surface area contributed by atoms with Gasteiger partial charge >= 0.3 is 0 Å². The lowest BCUT2D eigenvalue weighted by molar-refractivity contribution is 0.584. The largest absolute Gasteiger partial charge is 0.360 e. The molecule has 1 heterocycles. The molecule has 2 rings (SSSR count). The second-order valence-electron chi connectivity index (χ2n) is 3.83. The summed E-state index contributed by atoms with van der Waals surface area (Å²) in [5.41, 5.74) is 1.32. The third kappa shape index (κ3) is 3.45. The van der Waals surface area contributed by atoms with Crippen molar-refractivity contribution >= 4 is 31.7 Å². The highest BCUT2D eigenvalue weighted by molar-refractivity contribution is 9.10. The van der Waals surface area contributed by atoms with E-state index in [1.807, 2.05) is 12.1 Å². The average molecular weight is 342 g/mol. The number of hydrazone groups is 1. The van der Waals surface area contributed by atoms with Crippen molar-refractivity contribution in [2.45, 2.75) is 11.8 Å². The van der Waals surface area contributed by atoms with Crippen molar-refractivity contribution in [3.63, 3.8) is 0 Å². The van der Waals surface area contributed by atoms with Crippen LogP contribution in [-0.2, 0) is 10.0 Å². The Balaban J connectivity index is 2.18. The molecule has 0 aliphatic carbocycles. The normalized spacial score (nSPS) is 12.4. The second kappa shape index (κ2) is 5.58. The Bertz CT molecular complexity index is 676. The molecule has 100 valence electrons. The first-order valence-corrected chi connectivity index (χ1v) is 7.72. The Morgan fingerprint density at radius 1 is 1.26 bits per heavy atom. The van der Waals surface area contributed by atoms with Gasteiger partial charge < -0.3 is 4.98 Å². The number of nitrogens with zero attached hydrogens (tertiary/aromatic N) is 1. The van der Waals surface area contributed by atoms with Crippen molar-refractivity contribution in [3.05, 3.63) is 52.8 Å². The van der Waals surface area contributed by atoms with Gasteiger partial charge in [-0.2, -0.15) is 18.4 Å². The van der Waals surface area contributed by atoms with E-state index in [2.05, 4.69) is 30.8 Å². The molecule has 0 unspecified atom stereocenters. The smallest absolute Gasteiger partial charge is 0.276 e. The quantitative estimate of drug-likeness (QED) is 0.662. The molecule has 0 aliphatic heterocycles. The number of hydrogen-bond donors (Lipinski definition) is 2. The number of benzene rings is 1. The standard InChI is InChI=1S/C12H12BrN3O2S/c1-9(12-3-2-8-14-12)15-16-19(17,18)11-6-4-10(13)5-7-11/h2-8,14,16H,1H3/b15-9+. The summed E-state index contributed by atoms with van der Waals surface area (Å²) in [4.78, 5) is 5.32. The van der Waals surface area contributed by atoms with Gasteiger partial charge in [0.1, 0.15) is 0 Å². The summed E-state index contributed by atoms with van der Waals surface area (Å²) in [5.74, 6) is 0. The maximum absolute atomic E-state index is 12.0. The van der Waals surface area contributed by atoms with Crippen LogP contribution in [0.2, 0.25) is 0 Å². The molecule has 2 aromatic rings. The van der Waals surface area contributed by atoms with E-state index in [0.717, 1.165) is 10.2 Å². The van der Waals surface area contributed by atoms with E-state index < -0.39 is 10.0 Å². The summed E-state index contributed by atoms with van der Waals surface area (Å²) in [6, 6.07) is 9.97. The maximum atomic E-state index is 12.0. The Hall–Kier alpha value is -1.60. The number of H-pyrrole nitrogens is 1. The minimum atomic E-state index is -3.64. The Morgan fingerprint density at radius 3 is 2.53 bits per heavy atom. The summed E-state index contributed by atoms with van der Waals surface area (Å²) in [7, 11) is -3.64. The number of sulfonamides is 1. The molecule has 0 bridgehead atoms. The molecule has 0 amide bonds. The van der Waals surface area contributed by atoms with Crippen LogP contribution in [0.1, 0.15) is 12.6 Å². The van der Waals surface area contributed by atoms with Crippen LogP contribution in [-0.4, -0.2) is 19.1 Å². The number of hydrogen-bond acceptors (Lipinski definition) is 3. The summed E-state index contributed by atoms with van der Waals surface area (Å²) in [6.07, 6.45) is 1.75. The zero-order valence-electron chi connectivity index (χ0n) is 10.1. The highest BCUT2D eigenvalue weighted by atomic mass is 79.9. The van der Waals surface area contributed by atoms with Gasteiger partial charge in [0, 0.05) is 10.7 Å². The van der Waals surface area contributed by atoms with Gasteiger partial charge in [0.2, 0.25) is 0 Å². The van der Waals surface area contributed by atoms with Gasteiger partial charge in [-0.1, -0.05) is 15.9 Å². The van der Waals surface area contributed by atoms with Gasteiger partial charge in [-0.15, -0.1) is 0 Å². The fourth-order valence-corrected chi connectivity index (χ4v) is 2.53. The predicted octanol–water partition coefficient (Wildman–Crippen LogP) is 2.48. The molecule has 1 aromatic carbocycles. The van der Waals surface area contributed by atoms with E-state index in [4.69, 9.17) is 0 Å². The number of halogens is 1. The van der Waals surface area contributed by atoms with Crippen molar-refractivity contribution in [1.82, 2.24) is 9.82 Å². The fourth-order valence-electron chi connectivity index (χ4n) is 1.41. The Labute approximate surface area is 119 Å². The van der Waals surface area contributed by atoms with Gasteiger partial charge in [-0.05, 0) is 43.3 Å². The monoisotopic (exact) mass is 341 g/mol. The van der Waals surface area contributed by atoms with E-state index in [-0.39, 0.29) is 4.90 Å². The van der Waals surface area contributed by atoms with Crippen LogP contribution in [0.15, 0.2) is 57.1 Å². The van der Waals surface area contributed by atoms with Crippen molar-refractivity contribution in [2.24, 2.45) is 5.10 Å². The van der Waals surface area contributed by atoms with E-state index in [0.29, 0.717) is 5.71 Å². The number of nitrogens with one attached hydrogen (secondary N) is 2. The van der Waals surface area contributed by atoms with E-state index >= 15 is 0 Å². The van der Waals surface area contributed by atoms with Crippen LogP contribution in [0.3, 0.4) is 0 Å². The molecule has 0 spiro atoms. The lowest BCUT2D eigenvalue weighted by atomic mass is 10.3. The molecule has 5 nitrogen and oxygen atoms in total. The topological polar surface area (TPSA) is 74.3 Å². The molecule has 0 radical (unpaired) electrons. The zero-order valence-corrected chi connectivity index (χ0v) is 12.5. The highest BCUT2D eigenvalue weighted by Crippen LogP contribution is 2.14. The Morgan fingerprint density at radius 2 is 1.95 bits per heavy atom. The van der Waals surface area contributed by atoms with Crippen molar-refractivity contribution in [2.75, 3.05) is 0 Å². The van der Waals surface area contributed by atoms with Crippen molar-refractivity contribution in [3.8, 4) is 0 Å². The van der Waals surface area contributed by atoms with E-state index in [9.17, 15) is 8.42 Å². The number of aromatic nitrogens is 1. The first-order valence-electron chi connectivity index (χ1n) is 5.44. The zero-order chi connectivity index (χ0) is 13.9. The third-order valence-corrected chi connectivity index (χ3v) is 4.20. The molecule has 7 heteroatoms. The minimum Gasteiger partial charge on any atom is -0.360 e. The first-order chi connectivity index (χ1) is 8.99. The van der Waals surface area contributed by atoms with Gasteiger partial charge in [-0.25, -0.2) is 0 Å². The molecular weight excluding hydrogens is 330 g/mol. The van der Waals surface area contributed by atoms with Crippen LogP contribution < -0.4 is 4.83 Å². The summed E-state index contributed by atoms with van der Waals surface area (Å²) >= 11 is 3.25. The van der Waals surface area contributed by atoms with Crippen LogP contribution in [0, 0.1) is 0 Å². The number of rotatable bonds is 4. The van der Waals surface area contributed by atoms with Crippen molar-refractivity contribution in [1.29, 1.82) is 0 Å². The third-order valence-electron chi connectivity index (χ3n) is 2.45. The van der Waals surface area contributed by atoms with Crippen LogP contribution in [0.4, 0.5) is 0 Å². The van der Waals surface area contributed by atoms with Crippen molar-refractivity contribution < 1.29 is 8.42 Å². The SMILES string of the molecule is C/C(=N\NS(=O)(=O)c1ccc(Br)cc1)c1ccc[nH]1. The summed E-state index contributed by atoms with van der Waals surface area (Å²) in [6.45, 7) is 1.72. The maximum Gasteiger partial charge on any atom is 0.276 e. The molecule has 0 saturated heterocycles. The molecule has 0 saturated carbocycles. The molecule has 0 aliphatic rings. The summed E-state index contributed by atoms with van der Waals surface area (Å²) < 4.78 is 24.8. The average Bonchev–Trinajstić information content (AvgIpc) is 2.90. The lowest BCUT2D eigenvalue weighted by Crippen LogP contribution is -2.20. The molecule has 1 aromatic heterocycles. The van der Waals surface area contributed by atoms with E-state index in [1.165, 1.54) is 12.1 Å². The lowest BCUT2D eigenvalue weighted by Gasteiger charge is -2.04. The van der Waals surface area contributed by atoms with Crippen LogP contribution in [0.25, 0.3) is 0 Å². The molecular formula is C12H12BrN3O2S. The Kier molecular flexibility index (Phi) is 4.06. The van der Waals surface area contributed by atoms with Gasteiger partial charge in [0.15, 0.2) is 0 Å². The van der Waals surface area contributed by atoms with Crippen LogP contribution >= 0.6 is 15.9 Å². The molecule has 0 fully saturated rings. The predicted molar refractivity (Wildman–Crippen MR) is 77.5 cm³/mol. The minimum absolute atomic E-state index is 0.165. The highest BCUT2D eigenvalue weighted by Gasteiger charge is 2.12. The number of aromatic amines is 1. The van der Waals surface area contributed by atoms with E-state index in [1.54, 1.807) is 25.3 Å². The molecule has 19 heavy (non-hydrogen) atoms. The summed E-state index contributed by atoms with van der Waals surface area (Å²) in [5, 5.41) is 3.87. The molecule has 2 N–H and O–H groups in total.